The number of methoxy groups -OCH3 is 2. The van der Waals surface area contributed by atoms with Crippen molar-refractivity contribution in [3.63, 3.8) is 0 Å². The van der Waals surface area contributed by atoms with Crippen LogP contribution >= 0.6 is 0 Å². The van der Waals surface area contributed by atoms with Gasteiger partial charge in [-0.15, -0.1) is 0 Å². The molecule has 302 valence electrons. The molecule has 14 nitrogen and oxygen atoms in total. The van der Waals surface area contributed by atoms with E-state index < -0.39 is 24.0 Å². The first-order chi connectivity index (χ1) is 28.6. The normalized spacial score (nSPS) is 16.3. The van der Waals surface area contributed by atoms with E-state index >= 15 is 0 Å². The zero-order valence-electron chi connectivity index (χ0n) is 33.4. The zero-order valence-corrected chi connectivity index (χ0v) is 33.4. The van der Waals surface area contributed by atoms with Crippen LogP contribution in [0.2, 0.25) is 0 Å². The summed E-state index contributed by atoms with van der Waals surface area (Å²) in [5.74, 6) is -0.852. The van der Waals surface area contributed by atoms with Crippen molar-refractivity contribution in [1.29, 1.82) is 0 Å². The summed E-state index contributed by atoms with van der Waals surface area (Å²) in [7, 11) is 4.30. The number of rotatable bonds is 13. The lowest BCUT2D eigenvalue weighted by Gasteiger charge is -2.29. The van der Waals surface area contributed by atoms with Crippen molar-refractivity contribution < 1.29 is 28.7 Å². The summed E-state index contributed by atoms with van der Waals surface area (Å²) in [6, 6.07) is 24.9. The number of likely N-dealkylation sites (tertiary alicyclic amines) is 1. The predicted octanol–water partition coefficient (Wildman–Crippen LogP) is 6.67. The summed E-state index contributed by atoms with van der Waals surface area (Å²) in [5, 5.41) is 2.66. The highest BCUT2D eigenvalue weighted by Crippen LogP contribution is 2.36. The molecule has 7 rings (SSSR count). The first kappa shape index (κ1) is 40.2. The number of ether oxygens (including phenoxy) is 2. The molecular weight excluding hydrogens is 749 g/mol. The van der Waals surface area contributed by atoms with E-state index in [4.69, 9.17) is 14.5 Å². The number of hydrogen-bond donors (Lipinski definition) is 2. The third-order valence-corrected chi connectivity index (χ3v) is 11.0. The third kappa shape index (κ3) is 8.96. The second-order valence-corrected chi connectivity index (χ2v) is 14.5. The molecule has 0 aliphatic carbocycles. The fourth-order valence-corrected chi connectivity index (χ4v) is 7.51. The molecule has 4 heterocycles. The fraction of sp³-hybridized carbons (Fsp3) is 0.289. The standard InChI is InChI=1S/C45H46N8O6/c1-28(52(2)44(56)41(51-45(57)59-4)32-14-9-6-10-15-32)35-22-33(24-46-35)29-17-19-31(20-18-29)36-25-48-37(26-47-36)38-27-49-42(50-38)39-16-11-21-53(39)43(55)34(23-40(54)58-3)30-12-7-5-8-13-30/h5-10,12-15,17-20,24-28,34,39,41H,11,16,21-23H2,1-4H3,(H,49,50)(H,51,57)/t28-,34+,39-,41+/m0/s1. The molecule has 2 aliphatic rings. The average molecular weight is 795 g/mol. The summed E-state index contributed by atoms with van der Waals surface area (Å²) in [6.45, 7) is 2.48. The Morgan fingerprint density at radius 2 is 1.51 bits per heavy atom. The molecule has 1 saturated heterocycles. The molecule has 0 bridgehead atoms. The Balaban J connectivity index is 0.973. The monoisotopic (exact) mass is 794 g/mol. The van der Waals surface area contributed by atoms with E-state index in [0.29, 0.717) is 41.4 Å². The maximum absolute atomic E-state index is 13.9. The number of H-pyrrole nitrogens is 1. The van der Waals surface area contributed by atoms with Gasteiger partial charge >= 0.3 is 12.1 Å². The minimum absolute atomic E-state index is 0.0412. The average Bonchev–Trinajstić information content (AvgIpc) is 4.09. The molecular formula is C45H46N8O6. The van der Waals surface area contributed by atoms with Crippen LogP contribution in [0.3, 0.4) is 0 Å². The molecule has 1 fully saturated rings. The summed E-state index contributed by atoms with van der Waals surface area (Å²) in [4.78, 5) is 77.5. The largest absolute Gasteiger partial charge is 0.469 e. The molecule has 0 saturated carbocycles. The lowest BCUT2D eigenvalue weighted by molar-refractivity contribution is -0.145. The Bertz CT molecular complexity index is 2350. The van der Waals surface area contributed by atoms with Crippen LogP contribution in [0.1, 0.15) is 73.1 Å². The van der Waals surface area contributed by atoms with Gasteiger partial charge in [-0.25, -0.2) is 9.78 Å². The number of nitrogens with zero attached hydrogens (tertiary/aromatic N) is 6. The number of esters is 1. The van der Waals surface area contributed by atoms with Crippen LogP contribution < -0.4 is 5.32 Å². The summed E-state index contributed by atoms with van der Waals surface area (Å²) in [5.41, 5.74) is 7.15. The number of benzene rings is 3. The number of carbonyl (C=O) groups is 4. The van der Waals surface area contributed by atoms with Crippen molar-refractivity contribution in [2.24, 2.45) is 4.99 Å². The first-order valence-electron chi connectivity index (χ1n) is 19.5. The number of likely N-dealkylation sites (N-methyl/N-ethyl adjacent to an activating group) is 1. The minimum atomic E-state index is -0.910. The lowest BCUT2D eigenvalue weighted by Crippen LogP contribution is -2.47. The van der Waals surface area contributed by atoms with Crippen molar-refractivity contribution in [2.45, 2.75) is 56.7 Å². The van der Waals surface area contributed by atoms with Gasteiger partial charge in [0.25, 0.3) is 0 Å². The van der Waals surface area contributed by atoms with Crippen LogP contribution in [0, 0.1) is 0 Å². The van der Waals surface area contributed by atoms with Crippen LogP contribution in [0.25, 0.3) is 28.2 Å². The highest BCUT2D eigenvalue weighted by Gasteiger charge is 2.37. The molecule has 3 amide bonds. The van der Waals surface area contributed by atoms with Crippen LogP contribution in [-0.2, 0) is 23.9 Å². The van der Waals surface area contributed by atoms with Gasteiger partial charge in [0, 0.05) is 37.5 Å². The summed E-state index contributed by atoms with van der Waals surface area (Å²) >= 11 is 0. The first-order valence-corrected chi connectivity index (χ1v) is 19.5. The predicted molar refractivity (Wildman–Crippen MR) is 222 cm³/mol. The molecule has 2 aromatic heterocycles. The number of nitrogens with one attached hydrogen (secondary N) is 2. The SMILES string of the molecule is COC(=O)C[C@@H](C(=O)N1CCC[C@H]1c1ncc(-c2cnc(-c3ccc(C4=CN=C([C@H](C)N(C)C(=O)[C@H](NC(=O)OC)c5ccccc5)C4)cc3)cn2)[nH]1)c1ccccc1. The molecule has 2 N–H and O–H groups in total. The Labute approximate surface area is 342 Å². The molecule has 14 heteroatoms. The summed E-state index contributed by atoms with van der Waals surface area (Å²) in [6.07, 6.45) is 8.34. The Morgan fingerprint density at radius 1 is 0.847 bits per heavy atom. The molecule has 2 aliphatic heterocycles. The molecule has 59 heavy (non-hydrogen) atoms. The molecule has 4 atom stereocenters. The van der Waals surface area contributed by atoms with Gasteiger partial charge in [-0.3, -0.25) is 29.3 Å². The van der Waals surface area contributed by atoms with E-state index in [9.17, 15) is 19.2 Å². The van der Waals surface area contributed by atoms with Gasteiger partial charge in [0.15, 0.2) is 0 Å². The van der Waals surface area contributed by atoms with Crippen molar-refractivity contribution in [1.82, 2.24) is 35.1 Å². The van der Waals surface area contributed by atoms with E-state index in [2.05, 4.69) is 25.3 Å². The lowest BCUT2D eigenvalue weighted by atomic mass is 9.94. The number of amides is 3. The Hall–Kier alpha value is -6.96. The van der Waals surface area contributed by atoms with Gasteiger partial charge < -0.3 is 29.6 Å². The van der Waals surface area contributed by atoms with E-state index in [1.54, 1.807) is 42.7 Å². The van der Waals surface area contributed by atoms with E-state index in [1.165, 1.54) is 14.2 Å². The van der Waals surface area contributed by atoms with Crippen LogP contribution in [-0.4, -0.2) is 93.2 Å². The van der Waals surface area contributed by atoms with E-state index in [0.717, 1.165) is 40.8 Å². The number of allylic oxidation sites excluding steroid dienone is 1. The number of aromatic amines is 1. The molecule has 5 aromatic rings. The number of aromatic nitrogens is 4. The highest BCUT2D eigenvalue weighted by atomic mass is 16.5. The van der Waals surface area contributed by atoms with Crippen molar-refractivity contribution in [2.75, 3.05) is 27.8 Å². The number of imidazole rings is 1. The number of aliphatic imine (C=N–C) groups is 1. The van der Waals surface area contributed by atoms with Crippen molar-refractivity contribution in [3.05, 3.63) is 132 Å². The minimum Gasteiger partial charge on any atom is -0.469 e. The van der Waals surface area contributed by atoms with Crippen LogP contribution in [0.5, 0.6) is 0 Å². The third-order valence-electron chi connectivity index (χ3n) is 11.0. The maximum Gasteiger partial charge on any atom is 0.407 e. The van der Waals surface area contributed by atoms with E-state index in [-0.39, 0.29) is 30.3 Å². The van der Waals surface area contributed by atoms with Gasteiger partial charge in [0.2, 0.25) is 11.8 Å². The molecule has 3 aromatic carbocycles. The Morgan fingerprint density at radius 3 is 2.17 bits per heavy atom. The zero-order chi connectivity index (χ0) is 41.5. The van der Waals surface area contributed by atoms with E-state index in [1.807, 2.05) is 90.8 Å². The highest BCUT2D eigenvalue weighted by molar-refractivity contribution is 6.03. The number of hydrogen-bond acceptors (Lipinski definition) is 10. The molecule has 0 spiro atoms. The van der Waals surface area contributed by atoms with Crippen LogP contribution in [0.15, 0.2) is 115 Å². The van der Waals surface area contributed by atoms with Gasteiger partial charge in [-0.2, -0.15) is 0 Å². The smallest absolute Gasteiger partial charge is 0.407 e. The fourth-order valence-electron chi connectivity index (χ4n) is 7.51. The topological polar surface area (TPSA) is 172 Å². The van der Waals surface area contributed by atoms with Crippen molar-refractivity contribution >= 4 is 35.2 Å². The van der Waals surface area contributed by atoms with Gasteiger partial charge in [0.1, 0.15) is 17.6 Å². The molecule has 0 radical (unpaired) electrons. The van der Waals surface area contributed by atoms with Crippen LogP contribution in [0.4, 0.5) is 4.79 Å². The number of alkyl carbamates (subject to hydrolysis) is 1. The summed E-state index contributed by atoms with van der Waals surface area (Å²) < 4.78 is 9.71. The Kier molecular flexibility index (Phi) is 12.3. The second-order valence-electron chi connectivity index (χ2n) is 14.5. The van der Waals surface area contributed by atoms with Gasteiger partial charge in [0.05, 0.1) is 68.6 Å². The second kappa shape index (κ2) is 18.1. The van der Waals surface area contributed by atoms with Gasteiger partial charge in [-0.1, -0.05) is 84.9 Å². The quantitative estimate of drug-likeness (QED) is 0.124. The van der Waals surface area contributed by atoms with Crippen molar-refractivity contribution in [3.8, 4) is 22.6 Å². The number of carbonyl (C=O) groups excluding carboxylic acids is 4. The van der Waals surface area contributed by atoms with Gasteiger partial charge in [-0.05, 0) is 42.0 Å². The molecule has 0 unspecified atom stereocenters. The maximum atomic E-state index is 13.9.